The first kappa shape index (κ1) is 14.0. The molecule has 18 heavy (non-hydrogen) atoms. The quantitative estimate of drug-likeness (QED) is 0.637. The van der Waals surface area contributed by atoms with Crippen molar-refractivity contribution in [1.82, 2.24) is 0 Å². The number of halogens is 2. The minimum atomic E-state index is 0.779. The van der Waals surface area contributed by atoms with Crippen LogP contribution in [0.5, 0.6) is 0 Å². The monoisotopic (exact) mass is 340 g/mol. The lowest BCUT2D eigenvalue weighted by atomic mass is 10.1. The minimum absolute atomic E-state index is 0.779. The molecule has 0 radical (unpaired) electrons. The maximum atomic E-state index is 5.99. The van der Waals surface area contributed by atoms with E-state index >= 15 is 0 Å². The molecule has 0 heterocycles. The van der Waals surface area contributed by atoms with Crippen LogP contribution in [0.1, 0.15) is 18.9 Å². The third-order valence-electron chi connectivity index (χ3n) is 2.58. The Bertz CT molecular complexity index is 540. The van der Waals surface area contributed by atoms with Gasteiger partial charge in [-0.1, -0.05) is 64.8 Å². The molecule has 0 aliphatic rings. The Kier molecular flexibility index (Phi) is 5.16. The maximum Gasteiger partial charge on any atom is 0.0417 e. The van der Waals surface area contributed by atoms with Gasteiger partial charge in [-0.25, -0.2) is 0 Å². The molecule has 0 unspecified atom stereocenters. The Balaban J connectivity index is 2.17. The predicted octanol–water partition coefficient (Wildman–Crippen LogP) is 6.21. The standard InChI is InChI=1S/C15H14BrClS/c1-2-4-11-7-8-14(10-15(11)16)18-13-6-3-5-12(17)9-13/h3,5-10H,2,4H2,1H3. The van der Waals surface area contributed by atoms with Gasteiger partial charge in [-0.05, 0) is 42.3 Å². The lowest BCUT2D eigenvalue weighted by Gasteiger charge is -2.06. The second kappa shape index (κ2) is 6.65. The van der Waals surface area contributed by atoms with Crippen LogP contribution in [-0.2, 0) is 6.42 Å². The highest BCUT2D eigenvalue weighted by Gasteiger charge is 2.03. The van der Waals surface area contributed by atoms with E-state index in [2.05, 4.69) is 47.1 Å². The summed E-state index contributed by atoms with van der Waals surface area (Å²) >= 11 is 11.4. The third kappa shape index (κ3) is 3.78. The van der Waals surface area contributed by atoms with Crippen molar-refractivity contribution in [3.8, 4) is 0 Å². The topological polar surface area (TPSA) is 0 Å². The van der Waals surface area contributed by atoms with Gasteiger partial charge in [0.2, 0.25) is 0 Å². The molecule has 0 saturated heterocycles. The summed E-state index contributed by atoms with van der Waals surface area (Å²) in [7, 11) is 0. The molecule has 0 aliphatic heterocycles. The van der Waals surface area contributed by atoms with Gasteiger partial charge in [0, 0.05) is 19.3 Å². The van der Waals surface area contributed by atoms with Crippen molar-refractivity contribution < 1.29 is 0 Å². The van der Waals surface area contributed by atoms with Crippen LogP contribution in [0, 0.1) is 0 Å². The molecule has 0 aromatic heterocycles. The van der Waals surface area contributed by atoms with Crippen LogP contribution in [-0.4, -0.2) is 0 Å². The zero-order valence-electron chi connectivity index (χ0n) is 10.1. The van der Waals surface area contributed by atoms with Gasteiger partial charge in [-0.3, -0.25) is 0 Å². The highest BCUT2D eigenvalue weighted by atomic mass is 79.9. The van der Waals surface area contributed by atoms with Crippen molar-refractivity contribution in [3.63, 3.8) is 0 Å². The van der Waals surface area contributed by atoms with Gasteiger partial charge in [0.15, 0.2) is 0 Å². The van der Waals surface area contributed by atoms with Gasteiger partial charge in [0.1, 0.15) is 0 Å². The van der Waals surface area contributed by atoms with Crippen LogP contribution in [0.4, 0.5) is 0 Å². The molecule has 2 aromatic rings. The average Bonchev–Trinajstić information content (AvgIpc) is 2.33. The van der Waals surface area contributed by atoms with Crippen molar-refractivity contribution in [3.05, 3.63) is 57.5 Å². The lowest BCUT2D eigenvalue weighted by Crippen LogP contribution is -1.85. The summed E-state index contributed by atoms with van der Waals surface area (Å²) in [6, 6.07) is 14.5. The smallest absolute Gasteiger partial charge is 0.0417 e. The van der Waals surface area contributed by atoms with Gasteiger partial charge in [0.25, 0.3) is 0 Å². The molecular formula is C15H14BrClS. The molecule has 0 atom stereocenters. The number of aryl methyl sites for hydroxylation is 1. The predicted molar refractivity (Wildman–Crippen MR) is 83.7 cm³/mol. The van der Waals surface area contributed by atoms with Crippen LogP contribution in [0.2, 0.25) is 5.02 Å². The molecule has 0 spiro atoms. The summed E-state index contributed by atoms with van der Waals surface area (Å²) in [4.78, 5) is 2.39. The molecule has 94 valence electrons. The first-order valence-corrected chi connectivity index (χ1v) is 7.89. The fourth-order valence-corrected chi connectivity index (χ4v) is 3.63. The van der Waals surface area contributed by atoms with Crippen molar-refractivity contribution in [2.75, 3.05) is 0 Å². The van der Waals surface area contributed by atoms with E-state index in [1.807, 2.05) is 18.2 Å². The number of hydrogen-bond donors (Lipinski definition) is 0. The fraction of sp³-hybridized carbons (Fsp3) is 0.200. The molecule has 0 nitrogen and oxygen atoms in total. The van der Waals surface area contributed by atoms with E-state index in [0.29, 0.717) is 0 Å². The second-order valence-electron chi connectivity index (χ2n) is 4.06. The van der Waals surface area contributed by atoms with Crippen LogP contribution in [0.15, 0.2) is 56.7 Å². The normalized spacial score (nSPS) is 10.6. The highest BCUT2D eigenvalue weighted by molar-refractivity contribution is 9.10. The van der Waals surface area contributed by atoms with E-state index in [1.165, 1.54) is 21.4 Å². The molecule has 0 fully saturated rings. The Hall–Kier alpha value is -0.440. The molecule has 3 heteroatoms. The molecule has 0 saturated carbocycles. The highest BCUT2D eigenvalue weighted by Crippen LogP contribution is 2.32. The summed E-state index contributed by atoms with van der Waals surface area (Å²) in [5.74, 6) is 0. The SMILES string of the molecule is CCCc1ccc(Sc2cccc(Cl)c2)cc1Br. The summed E-state index contributed by atoms with van der Waals surface area (Å²) in [5, 5.41) is 0.779. The first-order valence-electron chi connectivity index (χ1n) is 5.91. The lowest BCUT2D eigenvalue weighted by molar-refractivity contribution is 0.915. The van der Waals surface area contributed by atoms with Gasteiger partial charge in [-0.2, -0.15) is 0 Å². The summed E-state index contributed by atoms with van der Waals surface area (Å²) in [6.45, 7) is 2.20. The first-order chi connectivity index (χ1) is 8.69. The molecule has 0 bridgehead atoms. The minimum Gasteiger partial charge on any atom is -0.0900 e. The molecule has 2 rings (SSSR count). The van der Waals surface area contributed by atoms with E-state index in [1.54, 1.807) is 11.8 Å². The largest absolute Gasteiger partial charge is 0.0900 e. The third-order valence-corrected chi connectivity index (χ3v) is 4.53. The van der Waals surface area contributed by atoms with Crippen LogP contribution in [0.25, 0.3) is 0 Å². The van der Waals surface area contributed by atoms with Crippen molar-refractivity contribution >= 4 is 39.3 Å². The Morgan fingerprint density at radius 3 is 2.56 bits per heavy atom. The van der Waals surface area contributed by atoms with E-state index in [0.717, 1.165) is 16.3 Å². The Morgan fingerprint density at radius 1 is 1.11 bits per heavy atom. The van der Waals surface area contributed by atoms with E-state index in [4.69, 9.17) is 11.6 Å². The zero-order valence-corrected chi connectivity index (χ0v) is 13.3. The van der Waals surface area contributed by atoms with Crippen LogP contribution in [0.3, 0.4) is 0 Å². The summed E-state index contributed by atoms with van der Waals surface area (Å²) in [6.07, 6.45) is 2.28. The van der Waals surface area contributed by atoms with Crippen molar-refractivity contribution in [2.45, 2.75) is 29.6 Å². The molecular weight excluding hydrogens is 328 g/mol. The summed E-state index contributed by atoms with van der Waals surface area (Å²) in [5.41, 5.74) is 1.37. The van der Waals surface area contributed by atoms with E-state index in [-0.39, 0.29) is 0 Å². The molecule has 2 aromatic carbocycles. The van der Waals surface area contributed by atoms with Gasteiger partial charge < -0.3 is 0 Å². The zero-order chi connectivity index (χ0) is 13.0. The Morgan fingerprint density at radius 2 is 1.89 bits per heavy atom. The number of benzene rings is 2. The Labute approximate surface area is 126 Å². The molecule has 0 aliphatic carbocycles. The fourth-order valence-electron chi connectivity index (χ4n) is 1.73. The maximum absolute atomic E-state index is 5.99. The molecule has 0 amide bonds. The number of hydrogen-bond acceptors (Lipinski definition) is 1. The van der Waals surface area contributed by atoms with Gasteiger partial charge in [-0.15, -0.1) is 0 Å². The van der Waals surface area contributed by atoms with Crippen molar-refractivity contribution in [2.24, 2.45) is 0 Å². The summed E-state index contributed by atoms with van der Waals surface area (Å²) < 4.78 is 1.19. The van der Waals surface area contributed by atoms with Crippen molar-refractivity contribution in [1.29, 1.82) is 0 Å². The van der Waals surface area contributed by atoms with Gasteiger partial charge in [0.05, 0.1) is 0 Å². The van der Waals surface area contributed by atoms with E-state index in [9.17, 15) is 0 Å². The average molecular weight is 342 g/mol. The number of rotatable bonds is 4. The van der Waals surface area contributed by atoms with Gasteiger partial charge >= 0.3 is 0 Å². The second-order valence-corrected chi connectivity index (χ2v) is 6.50. The molecule has 0 N–H and O–H groups in total. The van der Waals surface area contributed by atoms with Crippen LogP contribution >= 0.6 is 39.3 Å². The van der Waals surface area contributed by atoms with Crippen LogP contribution < -0.4 is 0 Å². The van der Waals surface area contributed by atoms with E-state index < -0.39 is 0 Å².